The van der Waals surface area contributed by atoms with Crippen LogP contribution in [0.4, 0.5) is 28.0 Å². The van der Waals surface area contributed by atoms with Crippen molar-refractivity contribution in [3.63, 3.8) is 0 Å². The molecule has 17 heavy (non-hydrogen) atoms. The Labute approximate surface area is 93.4 Å². The third-order valence-corrected chi connectivity index (χ3v) is 1.87. The molecule has 1 rings (SSSR count). The zero-order valence-electron chi connectivity index (χ0n) is 8.55. The van der Waals surface area contributed by atoms with Crippen LogP contribution in [-0.4, -0.2) is 23.3 Å². The second-order valence-corrected chi connectivity index (χ2v) is 3.15. The summed E-state index contributed by atoms with van der Waals surface area (Å²) in [5, 5.41) is 8.93. The second-order valence-electron chi connectivity index (χ2n) is 3.15. The van der Waals surface area contributed by atoms with Crippen LogP contribution in [0.5, 0.6) is 0 Å². The van der Waals surface area contributed by atoms with Gasteiger partial charge in [-0.2, -0.15) is 13.2 Å². The number of carbonyl (C=O) groups is 1. The molecular weight excluding hydrogens is 244 g/mol. The summed E-state index contributed by atoms with van der Waals surface area (Å²) in [4.78, 5) is 10.4. The largest absolute Gasteiger partial charge is 0.464 e. The van der Waals surface area contributed by atoms with Crippen molar-refractivity contribution < 1.29 is 27.5 Å². The molecular formula is C9H8F4N2O2. The summed E-state index contributed by atoms with van der Waals surface area (Å²) in [5.74, 6) is -0.980. The van der Waals surface area contributed by atoms with Gasteiger partial charge in [-0.05, 0) is 18.2 Å². The molecule has 0 spiro atoms. The molecule has 1 aromatic rings. The van der Waals surface area contributed by atoms with Crippen molar-refractivity contribution in [2.24, 2.45) is 0 Å². The Balaban J connectivity index is 3.03. The molecule has 1 aromatic carbocycles. The first-order chi connectivity index (χ1) is 7.71. The number of anilines is 1. The molecule has 0 unspecified atom stereocenters. The smallest absolute Gasteiger partial charge is 0.425 e. The Bertz CT molecular complexity index is 433. The van der Waals surface area contributed by atoms with Crippen molar-refractivity contribution in [2.45, 2.75) is 6.18 Å². The maximum Gasteiger partial charge on any atom is 0.425 e. The van der Waals surface area contributed by atoms with Crippen LogP contribution in [0, 0.1) is 5.82 Å². The maximum absolute atomic E-state index is 13.1. The molecule has 0 aliphatic rings. The van der Waals surface area contributed by atoms with E-state index in [2.05, 4.69) is 0 Å². The predicted octanol–water partition coefficient (Wildman–Crippen LogP) is 2.78. The monoisotopic (exact) mass is 252 g/mol. The number of amides is 1. The van der Waals surface area contributed by atoms with E-state index in [1.54, 1.807) is 0 Å². The van der Waals surface area contributed by atoms with Gasteiger partial charge in [0, 0.05) is 7.05 Å². The standard InChI is InChI=1S/C9H8F4N2O2/c1-15(8(16)17)14-7-4-5(9(11,12)13)2-3-6(7)10/h2-4,14H,1H3,(H,16,17). The molecule has 0 bridgehead atoms. The minimum absolute atomic E-state index is 0.443. The molecule has 0 saturated heterocycles. The zero-order valence-corrected chi connectivity index (χ0v) is 8.55. The third-order valence-electron chi connectivity index (χ3n) is 1.87. The molecule has 0 atom stereocenters. The molecule has 0 aromatic heterocycles. The Hall–Kier alpha value is -1.99. The molecule has 0 aliphatic carbocycles. The van der Waals surface area contributed by atoms with Gasteiger partial charge in [0.25, 0.3) is 0 Å². The van der Waals surface area contributed by atoms with Gasteiger partial charge >= 0.3 is 12.3 Å². The Kier molecular flexibility index (Phi) is 3.45. The molecule has 0 aliphatic heterocycles. The van der Waals surface area contributed by atoms with E-state index in [9.17, 15) is 22.4 Å². The third kappa shape index (κ3) is 3.23. The van der Waals surface area contributed by atoms with Crippen LogP contribution in [0.3, 0.4) is 0 Å². The molecule has 8 heteroatoms. The SMILES string of the molecule is CN(Nc1cc(C(F)(F)F)ccc1F)C(=O)O. The summed E-state index contributed by atoms with van der Waals surface area (Å²) in [7, 11) is 1.03. The van der Waals surface area contributed by atoms with E-state index in [-0.39, 0.29) is 0 Å². The topological polar surface area (TPSA) is 52.6 Å². The van der Waals surface area contributed by atoms with Crippen LogP contribution in [0.1, 0.15) is 5.56 Å². The molecule has 2 N–H and O–H groups in total. The van der Waals surface area contributed by atoms with Crippen molar-refractivity contribution in [1.29, 1.82) is 0 Å². The Morgan fingerprint density at radius 2 is 2.00 bits per heavy atom. The number of rotatable bonds is 2. The average molecular weight is 252 g/mol. The number of nitrogens with zero attached hydrogens (tertiary/aromatic N) is 1. The predicted molar refractivity (Wildman–Crippen MR) is 50.8 cm³/mol. The van der Waals surface area contributed by atoms with Gasteiger partial charge in [-0.15, -0.1) is 0 Å². The molecule has 1 amide bonds. The van der Waals surface area contributed by atoms with Crippen molar-refractivity contribution in [2.75, 3.05) is 12.5 Å². The van der Waals surface area contributed by atoms with Gasteiger partial charge in [0.15, 0.2) is 0 Å². The van der Waals surface area contributed by atoms with Gasteiger partial charge in [-0.25, -0.2) is 14.2 Å². The number of nitrogens with one attached hydrogen (secondary N) is 1. The highest BCUT2D eigenvalue weighted by Crippen LogP contribution is 2.31. The fraction of sp³-hybridized carbons (Fsp3) is 0.222. The number of hydrogen-bond donors (Lipinski definition) is 2. The lowest BCUT2D eigenvalue weighted by atomic mass is 10.2. The minimum Gasteiger partial charge on any atom is -0.464 e. The maximum atomic E-state index is 13.1. The lowest BCUT2D eigenvalue weighted by molar-refractivity contribution is -0.137. The number of benzene rings is 1. The lowest BCUT2D eigenvalue weighted by Gasteiger charge is -2.17. The fourth-order valence-corrected chi connectivity index (χ4v) is 1.02. The van der Waals surface area contributed by atoms with Crippen LogP contribution in [0.25, 0.3) is 0 Å². The molecule has 0 radical (unpaired) electrons. The van der Waals surface area contributed by atoms with Crippen LogP contribution < -0.4 is 5.43 Å². The van der Waals surface area contributed by atoms with Gasteiger partial charge in [0.05, 0.1) is 11.3 Å². The van der Waals surface area contributed by atoms with Gasteiger partial charge in [0.2, 0.25) is 0 Å². The first-order valence-corrected chi connectivity index (χ1v) is 4.32. The van der Waals surface area contributed by atoms with E-state index >= 15 is 0 Å². The van der Waals surface area contributed by atoms with Gasteiger partial charge in [-0.3, -0.25) is 5.43 Å². The summed E-state index contributed by atoms with van der Waals surface area (Å²) >= 11 is 0. The number of alkyl halides is 3. The average Bonchev–Trinajstić information content (AvgIpc) is 2.19. The molecule has 4 nitrogen and oxygen atoms in total. The van der Waals surface area contributed by atoms with E-state index in [0.29, 0.717) is 23.2 Å². The van der Waals surface area contributed by atoms with Gasteiger partial charge in [0.1, 0.15) is 5.82 Å². The van der Waals surface area contributed by atoms with Crippen molar-refractivity contribution >= 4 is 11.8 Å². The molecule has 94 valence electrons. The number of carboxylic acid groups (broad SMARTS) is 1. The number of hydrazine groups is 1. The summed E-state index contributed by atoms with van der Waals surface area (Å²) < 4.78 is 50.1. The highest BCUT2D eigenvalue weighted by atomic mass is 19.4. The van der Waals surface area contributed by atoms with Crippen molar-refractivity contribution in [3.8, 4) is 0 Å². The van der Waals surface area contributed by atoms with Crippen LogP contribution in [-0.2, 0) is 6.18 Å². The summed E-state index contributed by atoms with van der Waals surface area (Å²) in [6.45, 7) is 0. The second kappa shape index (κ2) is 4.48. The Morgan fingerprint density at radius 3 is 2.47 bits per heavy atom. The molecule has 0 fully saturated rings. The Morgan fingerprint density at radius 1 is 1.41 bits per heavy atom. The van der Waals surface area contributed by atoms with E-state index < -0.39 is 29.3 Å². The van der Waals surface area contributed by atoms with E-state index in [4.69, 9.17) is 5.11 Å². The van der Waals surface area contributed by atoms with E-state index in [0.717, 1.165) is 7.05 Å². The van der Waals surface area contributed by atoms with Crippen LogP contribution in [0.2, 0.25) is 0 Å². The van der Waals surface area contributed by atoms with Crippen molar-refractivity contribution in [1.82, 2.24) is 5.01 Å². The van der Waals surface area contributed by atoms with Crippen molar-refractivity contribution in [3.05, 3.63) is 29.6 Å². The lowest BCUT2D eigenvalue weighted by Crippen LogP contribution is -2.31. The van der Waals surface area contributed by atoms with Gasteiger partial charge < -0.3 is 5.11 Å². The highest BCUT2D eigenvalue weighted by Gasteiger charge is 2.31. The highest BCUT2D eigenvalue weighted by molar-refractivity contribution is 5.67. The molecule has 0 heterocycles. The number of hydrogen-bond acceptors (Lipinski definition) is 2. The summed E-state index contributed by atoms with van der Waals surface area (Å²) in [6, 6.07) is 1.68. The summed E-state index contributed by atoms with van der Waals surface area (Å²) in [6.07, 6.45) is -6.08. The first-order valence-electron chi connectivity index (χ1n) is 4.32. The quantitative estimate of drug-likeness (QED) is 0.628. The summed E-state index contributed by atoms with van der Waals surface area (Å²) in [5.41, 5.74) is 0.347. The van der Waals surface area contributed by atoms with Gasteiger partial charge in [-0.1, -0.05) is 0 Å². The van der Waals surface area contributed by atoms with E-state index in [1.807, 2.05) is 5.43 Å². The fourth-order valence-electron chi connectivity index (χ4n) is 1.02. The number of halogens is 4. The zero-order chi connectivity index (χ0) is 13.2. The van der Waals surface area contributed by atoms with Crippen LogP contribution in [0.15, 0.2) is 18.2 Å². The van der Waals surface area contributed by atoms with E-state index in [1.165, 1.54) is 0 Å². The normalized spacial score (nSPS) is 11.1. The minimum atomic E-state index is -4.62. The molecule has 0 saturated carbocycles. The first kappa shape index (κ1) is 13.1. The van der Waals surface area contributed by atoms with Crippen LogP contribution >= 0.6 is 0 Å².